The number of ether oxygens (including phenoxy) is 1. The third kappa shape index (κ3) is 4.33. The average Bonchev–Trinajstić information content (AvgIpc) is 2.85. The molecular formula is C15H22N2O3S2. The van der Waals surface area contributed by atoms with Crippen LogP contribution in [0.2, 0.25) is 0 Å². The van der Waals surface area contributed by atoms with E-state index >= 15 is 0 Å². The van der Waals surface area contributed by atoms with Crippen LogP contribution in [0.3, 0.4) is 0 Å². The molecule has 1 saturated heterocycles. The van der Waals surface area contributed by atoms with Gasteiger partial charge in [-0.05, 0) is 49.3 Å². The highest BCUT2D eigenvalue weighted by Gasteiger charge is 2.33. The fraction of sp³-hybridized carbons (Fsp3) is 0.533. The number of methoxy groups -OCH3 is 1. The number of hydrogen-bond acceptors (Lipinski definition) is 4. The zero-order valence-electron chi connectivity index (χ0n) is 12.9. The lowest BCUT2D eigenvalue weighted by atomic mass is 10.2. The topological polar surface area (TPSA) is 58.6 Å². The Hall–Kier alpha value is -1.34. The minimum Gasteiger partial charge on any atom is -0.497 e. The Morgan fingerprint density at radius 2 is 2.09 bits per heavy atom. The van der Waals surface area contributed by atoms with Crippen LogP contribution in [-0.4, -0.2) is 49.6 Å². The number of benzene rings is 1. The first-order valence-corrected chi connectivity index (χ1v) is 9.60. The van der Waals surface area contributed by atoms with Crippen LogP contribution in [0.15, 0.2) is 24.3 Å². The molecule has 1 aromatic carbocycles. The molecule has 1 N–H and O–H groups in total. The van der Waals surface area contributed by atoms with Gasteiger partial charge < -0.3 is 15.0 Å². The summed E-state index contributed by atoms with van der Waals surface area (Å²) in [5.74, 6) is 1.23. The van der Waals surface area contributed by atoms with Gasteiger partial charge in [0.2, 0.25) is 0 Å². The maximum atomic E-state index is 11.7. The Morgan fingerprint density at radius 1 is 1.41 bits per heavy atom. The van der Waals surface area contributed by atoms with Crippen molar-refractivity contribution in [3.63, 3.8) is 0 Å². The molecule has 2 rings (SSSR count). The number of hydrogen-bond donors (Lipinski definition) is 1. The van der Waals surface area contributed by atoms with E-state index in [1.54, 1.807) is 7.11 Å². The van der Waals surface area contributed by atoms with Crippen molar-refractivity contribution < 1.29 is 13.2 Å². The Kier molecular flexibility index (Phi) is 5.63. The maximum absolute atomic E-state index is 11.7. The second kappa shape index (κ2) is 7.28. The van der Waals surface area contributed by atoms with Crippen molar-refractivity contribution in [2.45, 2.75) is 25.8 Å². The molecule has 7 heteroatoms. The van der Waals surface area contributed by atoms with Gasteiger partial charge in [-0.1, -0.05) is 6.92 Å². The third-order valence-corrected chi connectivity index (χ3v) is 5.80. The van der Waals surface area contributed by atoms with Gasteiger partial charge in [-0.15, -0.1) is 0 Å². The van der Waals surface area contributed by atoms with E-state index in [1.165, 1.54) is 0 Å². The molecule has 0 aromatic heterocycles. The standard InChI is InChI=1S/C15H22N2O3S2/c1-3-9-17(13-8-10-22(18,19)11-13)15(21)16-12-4-6-14(20-2)7-5-12/h4-7,13H,3,8-11H2,1-2H3,(H,16,21)/t13-/m0/s1. The second-order valence-electron chi connectivity index (χ2n) is 5.41. The third-order valence-electron chi connectivity index (χ3n) is 3.72. The first-order chi connectivity index (χ1) is 10.4. The van der Waals surface area contributed by atoms with Gasteiger partial charge in [0, 0.05) is 18.3 Å². The van der Waals surface area contributed by atoms with E-state index in [2.05, 4.69) is 12.2 Å². The van der Waals surface area contributed by atoms with Gasteiger partial charge in [0.15, 0.2) is 14.9 Å². The maximum Gasteiger partial charge on any atom is 0.173 e. The molecule has 0 spiro atoms. The summed E-state index contributed by atoms with van der Waals surface area (Å²) in [6, 6.07) is 7.47. The average molecular weight is 342 g/mol. The van der Waals surface area contributed by atoms with Crippen LogP contribution in [0.5, 0.6) is 5.75 Å². The predicted octanol–water partition coefficient (Wildman–Crippen LogP) is 2.29. The molecule has 1 aromatic rings. The van der Waals surface area contributed by atoms with Gasteiger partial charge in [0.05, 0.1) is 18.6 Å². The van der Waals surface area contributed by atoms with Crippen molar-refractivity contribution in [1.29, 1.82) is 0 Å². The van der Waals surface area contributed by atoms with E-state index in [-0.39, 0.29) is 17.5 Å². The van der Waals surface area contributed by atoms with Crippen molar-refractivity contribution in [3.8, 4) is 5.75 Å². The van der Waals surface area contributed by atoms with E-state index in [4.69, 9.17) is 17.0 Å². The first kappa shape index (κ1) is 17.0. The zero-order valence-corrected chi connectivity index (χ0v) is 14.5. The number of sulfone groups is 1. The molecule has 22 heavy (non-hydrogen) atoms. The molecule has 5 nitrogen and oxygen atoms in total. The van der Waals surface area contributed by atoms with Crippen LogP contribution in [0, 0.1) is 0 Å². The molecule has 1 fully saturated rings. The van der Waals surface area contributed by atoms with E-state index < -0.39 is 9.84 Å². The lowest BCUT2D eigenvalue weighted by Crippen LogP contribution is -2.43. The van der Waals surface area contributed by atoms with Crippen LogP contribution < -0.4 is 10.1 Å². The number of rotatable bonds is 5. The first-order valence-electron chi connectivity index (χ1n) is 7.37. The van der Waals surface area contributed by atoms with Crippen molar-refractivity contribution in [2.24, 2.45) is 0 Å². The Balaban J connectivity index is 2.05. The molecule has 1 atom stereocenters. The molecule has 0 aliphatic carbocycles. The fourth-order valence-electron chi connectivity index (χ4n) is 2.58. The van der Waals surface area contributed by atoms with Crippen LogP contribution in [0.4, 0.5) is 5.69 Å². The van der Waals surface area contributed by atoms with E-state index in [0.717, 1.165) is 24.4 Å². The molecule has 0 radical (unpaired) electrons. The van der Waals surface area contributed by atoms with Crippen molar-refractivity contribution in [3.05, 3.63) is 24.3 Å². The van der Waals surface area contributed by atoms with Crippen LogP contribution in [0.25, 0.3) is 0 Å². The van der Waals surface area contributed by atoms with Crippen molar-refractivity contribution in [1.82, 2.24) is 4.90 Å². The summed E-state index contributed by atoms with van der Waals surface area (Å²) in [5, 5.41) is 3.77. The Morgan fingerprint density at radius 3 is 2.59 bits per heavy atom. The molecule has 122 valence electrons. The summed E-state index contributed by atoms with van der Waals surface area (Å²) >= 11 is 5.48. The lowest BCUT2D eigenvalue weighted by molar-refractivity contribution is 0.339. The van der Waals surface area contributed by atoms with E-state index in [1.807, 2.05) is 29.2 Å². The quantitative estimate of drug-likeness (QED) is 0.829. The van der Waals surface area contributed by atoms with Crippen molar-refractivity contribution in [2.75, 3.05) is 30.5 Å². The van der Waals surface area contributed by atoms with Gasteiger partial charge in [0.25, 0.3) is 0 Å². The van der Waals surface area contributed by atoms with Gasteiger partial charge >= 0.3 is 0 Å². The van der Waals surface area contributed by atoms with Gasteiger partial charge in [0.1, 0.15) is 5.75 Å². The van der Waals surface area contributed by atoms with E-state index in [9.17, 15) is 8.42 Å². The normalized spacial score (nSPS) is 19.6. The fourth-order valence-corrected chi connectivity index (χ4v) is 4.67. The minimum absolute atomic E-state index is 0.0248. The Bertz CT molecular complexity index is 614. The zero-order chi connectivity index (χ0) is 16.2. The van der Waals surface area contributed by atoms with Gasteiger partial charge in [-0.25, -0.2) is 8.42 Å². The largest absolute Gasteiger partial charge is 0.497 e. The highest BCUT2D eigenvalue weighted by Crippen LogP contribution is 2.20. The Labute approximate surface area is 137 Å². The molecule has 0 bridgehead atoms. The highest BCUT2D eigenvalue weighted by molar-refractivity contribution is 7.91. The van der Waals surface area contributed by atoms with Crippen LogP contribution in [-0.2, 0) is 9.84 Å². The summed E-state index contributed by atoms with van der Waals surface area (Å²) in [4.78, 5) is 2.00. The summed E-state index contributed by atoms with van der Waals surface area (Å²) < 4.78 is 28.5. The second-order valence-corrected chi connectivity index (χ2v) is 8.02. The molecule has 0 unspecified atom stereocenters. The molecule has 1 heterocycles. The molecular weight excluding hydrogens is 320 g/mol. The summed E-state index contributed by atoms with van der Waals surface area (Å²) in [5.41, 5.74) is 0.868. The van der Waals surface area contributed by atoms with Gasteiger partial charge in [-0.2, -0.15) is 0 Å². The monoisotopic (exact) mass is 342 g/mol. The number of thiocarbonyl (C=S) groups is 1. The lowest BCUT2D eigenvalue weighted by Gasteiger charge is -2.30. The summed E-state index contributed by atoms with van der Waals surface area (Å²) in [6.45, 7) is 2.81. The highest BCUT2D eigenvalue weighted by atomic mass is 32.2. The van der Waals surface area contributed by atoms with Crippen LogP contribution in [0.1, 0.15) is 19.8 Å². The molecule has 0 amide bonds. The minimum atomic E-state index is -2.92. The SMILES string of the molecule is CCCN(C(=S)Nc1ccc(OC)cc1)[C@H]1CCS(=O)(=O)C1. The molecule has 1 aliphatic rings. The van der Waals surface area contributed by atoms with E-state index in [0.29, 0.717) is 11.5 Å². The van der Waals surface area contributed by atoms with Gasteiger partial charge in [-0.3, -0.25) is 0 Å². The summed E-state index contributed by atoms with van der Waals surface area (Å²) in [7, 11) is -1.30. The number of nitrogens with zero attached hydrogens (tertiary/aromatic N) is 1. The van der Waals surface area contributed by atoms with Crippen molar-refractivity contribution >= 4 is 32.9 Å². The van der Waals surface area contributed by atoms with Crippen LogP contribution >= 0.6 is 12.2 Å². The molecule has 1 aliphatic heterocycles. The smallest absolute Gasteiger partial charge is 0.173 e. The molecule has 0 saturated carbocycles. The number of nitrogens with one attached hydrogen (secondary N) is 1. The summed E-state index contributed by atoms with van der Waals surface area (Å²) in [6.07, 6.45) is 1.56. The predicted molar refractivity (Wildman–Crippen MR) is 93.3 cm³/mol. The number of anilines is 1.